The molecule has 28 heavy (non-hydrogen) atoms. The summed E-state index contributed by atoms with van der Waals surface area (Å²) in [7, 11) is 0. The van der Waals surface area contributed by atoms with Crippen molar-refractivity contribution in [1.29, 1.82) is 0 Å². The van der Waals surface area contributed by atoms with Crippen molar-refractivity contribution in [3.8, 4) is 5.75 Å². The van der Waals surface area contributed by atoms with Gasteiger partial charge in [-0.15, -0.1) is 0 Å². The molecule has 0 spiro atoms. The lowest BCUT2D eigenvalue weighted by atomic mass is 9.71. The first-order valence-corrected chi connectivity index (χ1v) is 10.4. The molecule has 1 aromatic rings. The molecule has 0 unspecified atom stereocenters. The third-order valence-corrected chi connectivity index (χ3v) is 6.01. The van der Waals surface area contributed by atoms with Crippen LogP contribution in [0.5, 0.6) is 5.75 Å². The minimum absolute atomic E-state index is 0.251. The van der Waals surface area contributed by atoms with E-state index in [2.05, 4.69) is 25.7 Å². The molecule has 1 aromatic carbocycles. The summed E-state index contributed by atoms with van der Waals surface area (Å²) in [6.45, 7) is 11.7. The highest BCUT2D eigenvalue weighted by atomic mass is 16.5. The SMILES string of the molecule is CC(C)(C)[C@]1(c2ccc(OCCCN3CCCC3)cc2)CN(C(=O)O)CCO1. The van der Waals surface area contributed by atoms with Crippen molar-refractivity contribution in [2.45, 2.75) is 45.6 Å². The molecule has 6 heteroatoms. The van der Waals surface area contributed by atoms with Crippen molar-refractivity contribution in [2.75, 3.05) is 45.9 Å². The summed E-state index contributed by atoms with van der Waals surface area (Å²) in [5.74, 6) is 0.847. The van der Waals surface area contributed by atoms with Crippen LogP contribution in [0.3, 0.4) is 0 Å². The molecule has 2 aliphatic rings. The average molecular weight is 391 g/mol. The highest BCUT2D eigenvalue weighted by molar-refractivity contribution is 5.65. The molecular weight excluding hydrogens is 356 g/mol. The standard InChI is InChI=1S/C22H34N2O4/c1-21(2,3)22(17-24(20(25)26)14-16-28-22)18-7-9-19(10-8-18)27-15-6-13-23-11-4-5-12-23/h7-10H,4-6,11-17H2,1-3H3,(H,25,26)/t22-/m1/s1. The summed E-state index contributed by atoms with van der Waals surface area (Å²) in [5, 5.41) is 9.47. The van der Waals surface area contributed by atoms with Crippen LogP contribution in [-0.4, -0.2) is 66.9 Å². The molecule has 1 amide bonds. The van der Waals surface area contributed by atoms with E-state index in [1.54, 1.807) is 0 Å². The number of rotatable bonds is 6. The second-order valence-electron chi connectivity index (χ2n) is 8.90. The van der Waals surface area contributed by atoms with Crippen molar-refractivity contribution in [2.24, 2.45) is 5.41 Å². The lowest BCUT2D eigenvalue weighted by Gasteiger charge is -2.50. The van der Waals surface area contributed by atoms with Crippen LogP contribution in [0.15, 0.2) is 24.3 Å². The van der Waals surface area contributed by atoms with Gasteiger partial charge in [0.25, 0.3) is 0 Å². The van der Waals surface area contributed by atoms with Crippen LogP contribution < -0.4 is 4.74 Å². The Kier molecular flexibility index (Phi) is 6.50. The number of hydrogen-bond acceptors (Lipinski definition) is 4. The van der Waals surface area contributed by atoms with Gasteiger partial charge in [0, 0.05) is 13.1 Å². The van der Waals surface area contributed by atoms with Crippen LogP contribution in [0.2, 0.25) is 0 Å². The normalized spacial score (nSPS) is 23.8. The summed E-state index contributed by atoms with van der Waals surface area (Å²) < 4.78 is 12.2. The summed E-state index contributed by atoms with van der Waals surface area (Å²) >= 11 is 0. The zero-order valence-electron chi connectivity index (χ0n) is 17.4. The molecule has 6 nitrogen and oxygen atoms in total. The van der Waals surface area contributed by atoms with E-state index in [-0.39, 0.29) is 5.41 Å². The largest absolute Gasteiger partial charge is 0.494 e. The molecule has 2 aliphatic heterocycles. The van der Waals surface area contributed by atoms with Crippen molar-refractivity contribution in [1.82, 2.24) is 9.80 Å². The molecule has 2 heterocycles. The van der Waals surface area contributed by atoms with Gasteiger partial charge in [-0.2, -0.15) is 0 Å². The van der Waals surface area contributed by atoms with Gasteiger partial charge in [-0.3, -0.25) is 0 Å². The van der Waals surface area contributed by atoms with E-state index in [4.69, 9.17) is 9.47 Å². The number of carbonyl (C=O) groups is 1. The van der Waals surface area contributed by atoms with Crippen molar-refractivity contribution in [3.63, 3.8) is 0 Å². The summed E-state index contributed by atoms with van der Waals surface area (Å²) in [6, 6.07) is 7.99. The van der Waals surface area contributed by atoms with Gasteiger partial charge in [0.2, 0.25) is 0 Å². The van der Waals surface area contributed by atoms with Crippen molar-refractivity contribution in [3.05, 3.63) is 29.8 Å². The topological polar surface area (TPSA) is 62.2 Å². The molecule has 3 rings (SSSR count). The van der Waals surface area contributed by atoms with Crippen LogP contribution in [0.4, 0.5) is 4.79 Å². The van der Waals surface area contributed by atoms with Crippen LogP contribution >= 0.6 is 0 Å². The Balaban J connectivity index is 1.64. The number of amides is 1. The number of benzene rings is 1. The van der Waals surface area contributed by atoms with E-state index in [1.165, 1.54) is 30.8 Å². The molecule has 0 radical (unpaired) electrons. The fourth-order valence-electron chi connectivity index (χ4n) is 4.25. The minimum Gasteiger partial charge on any atom is -0.494 e. The Morgan fingerprint density at radius 2 is 1.86 bits per heavy atom. The van der Waals surface area contributed by atoms with Gasteiger partial charge in [-0.25, -0.2) is 4.79 Å². The summed E-state index contributed by atoms with van der Waals surface area (Å²) in [6.07, 6.45) is 2.78. The second kappa shape index (κ2) is 8.70. The lowest BCUT2D eigenvalue weighted by Crippen LogP contribution is -2.57. The average Bonchev–Trinajstić information content (AvgIpc) is 3.18. The quantitative estimate of drug-likeness (QED) is 0.749. The molecule has 156 valence electrons. The highest BCUT2D eigenvalue weighted by Gasteiger charge is 2.48. The monoisotopic (exact) mass is 390 g/mol. The highest BCUT2D eigenvalue weighted by Crippen LogP contribution is 2.45. The smallest absolute Gasteiger partial charge is 0.407 e. The Bertz CT molecular complexity index is 649. The van der Waals surface area contributed by atoms with Gasteiger partial charge in [-0.05, 0) is 55.5 Å². The lowest BCUT2D eigenvalue weighted by molar-refractivity contribution is -0.166. The van der Waals surface area contributed by atoms with E-state index in [9.17, 15) is 9.90 Å². The maximum absolute atomic E-state index is 11.5. The number of ether oxygens (including phenoxy) is 2. The maximum atomic E-state index is 11.5. The predicted molar refractivity (Wildman–Crippen MR) is 109 cm³/mol. The number of hydrogen-bond donors (Lipinski definition) is 1. The fraction of sp³-hybridized carbons (Fsp3) is 0.682. The third-order valence-electron chi connectivity index (χ3n) is 6.01. The molecule has 0 bridgehead atoms. The van der Waals surface area contributed by atoms with Crippen LogP contribution in [-0.2, 0) is 10.3 Å². The molecule has 0 aromatic heterocycles. The molecule has 2 fully saturated rings. The van der Waals surface area contributed by atoms with Crippen LogP contribution in [0.1, 0.15) is 45.6 Å². The van der Waals surface area contributed by atoms with Gasteiger partial charge < -0.3 is 24.4 Å². The second-order valence-corrected chi connectivity index (χ2v) is 8.90. The first-order chi connectivity index (χ1) is 13.3. The maximum Gasteiger partial charge on any atom is 0.407 e. The fourth-order valence-corrected chi connectivity index (χ4v) is 4.25. The Hall–Kier alpha value is -1.79. The van der Waals surface area contributed by atoms with E-state index in [0.29, 0.717) is 26.3 Å². The van der Waals surface area contributed by atoms with E-state index in [0.717, 1.165) is 24.3 Å². The van der Waals surface area contributed by atoms with Gasteiger partial charge >= 0.3 is 6.09 Å². The Labute approximate surface area is 168 Å². The number of morpholine rings is 1. The number of carboxylic acid groups (broad SMARTS) is 1. The molecule has 0 aliphatic carbocycles. The first kappa shape index (κ1) is 20.9. The van der Waals surface area contributed by atoms with Crippen molar-refractivity contribution >= 4 is 6.09 Å². The van der Waals surface area contributed by atoms with Gasteiger partial charge in [0.15, 0.2) is 0 Å². The minimum atomic E-state index is -0.894. The molecular formula is C22H34N2O4. The molecule has 2 saturated heterocycles. The third kappa shape index (κ3) is 4.61. The first-order valence-electron chi connectivity index (χ1n) is 10.4. The Morgan fingerprint density at radius 3 is 2.46 bits per heavy atom. The van der Waals surface area contributed by atoms with E-state index in [1.807, 2.05) is 24.3 Å². The molecule has 0 saturated carbocycles. The summed E-state index contributed by atoms with van der Waals surface area (Å²) in [5.41, 5.74) is 0.0762. The van der Waals surface area contributed by atoms with Gasteiger partial charge in [-0.1, -0.05) is 32.9 Å². The van der Waals surface area contributed by atoms with Crippen LogP contribution in [0.25, 0.3) is 0 Å². The van der Waals surface area contributed by atoms with Gasteiger partial charge in [0.1, 0.15) is 11.4 Å². The summed E-state index contributed by atoms with van der Waals surface area (Å²) in [4.78, 5) is 15.5. The van der Waals surface area contributed by atoms with Crippen molar-refractivity contribution < 1.29 is 19.4 Å². The zero-order valence-corrected chi connectivity index (χ0v) is 17.4. The number of likely N-dealkylation sites (tertiary alicyclic amines) is 1. The Morgan fingerprint density at radius 1 is 1.18 bits per heavy atom. The van der Waals surface area contributed by atoms with E-state index < -0.39 is 11.7 Å². The van der Waals surface area contributed by atoms with Crippen LogP contribution in [0, 0.1) is 5.41 Å². The predicted octanol–water partition coefficient (Wildman–Crippen LogP) is 3.80. The van der Waals surface area contributed by atoms with E-state index >= 15 is 0 Å². The molecule has 1 N–H and O–H groups in total. The number of nitrogens with zero attached hydrogens (tertiary/aromatic N) is 2. The van der Waals surface area contributed by atoms with Gasteiger partial charge in [0.05, 0.1) is 19.8 Å². The molecule has 1 atom stereocenters. The zero-order chi connectivity index (χ0) is 20.2.